The van der Waals surface area contributed by atoms with Crippen molar-refractivity contribution in [2.45, 2.75) is 25.8 Å². The van der Waals surface area contributed by atoms with Crippen LogP contribution in [0, 0.1) is 6.92 Å². The van der Waals surface area contributed by atoms with Crippen LogP contribution in [0.25, 0.3) is 0 Å². The number of carbonyl (C=O) groups excluding carboxylic acids is 3. The number of rotatable bonds is 2. The maximum absolute atomic E-state index is 12.3. The molecule has 0 radical (unpaired) electrons. The van der Waals surface area contributed by atoms with E-state index in [9.17, 15) is 14.4 Å². The summed E-state index contributed by atoms with van der Waals surface area (Å²) >= 11 is 0. The average molecular weight is 261 g/mol. The summed E-state index contributed by atoms with van der Waals surface area (Å²) < 4.78 is 0. The molecule has 1 atom stereocenters. The number of pyridine rings is 1. The number of aromatic nitrogens is 1. The van der Waals surface area contributed by atoms with Crippen molar-refractivity contribution in [1.82, 2.24) is 15.2 Å². The first kappa shape index (κ1) is 13.2. The van der Waals surface area contributed by atoms with Gasteiger partial charge in [-0.05, 0) is 25.0 Å². The number of nitrogens with one attached hydrogen (secondary N) is 1. The molecular formula is C13H15N3O3. The molecule has 1 aliphatic rings. The lowest BCUT2D eigenvalue weighted by Gasteiger charge is -2.29. The smallest absolute Gasteiger partial charge is 0.273 e. The normalized spacial score (nSPS) is 18.9. The molecule has 1 N–H and O–H groups in total. The molecule has 1 aromatic heterocycles. The number of hydrogen-bond acceptors (Lipinski definition) is 4. The minimum Gasteiger partial charge on any atom is -0.328 e. The Morgan fingerprint density at radius 1 is 1.47 bits per heavy atom. The number of imide groups is 1. The maximum Gasteiger partial charge on any atom is 0.273 e. The number of aryl methyl sites for hydroxylation is 1. The fraction of sp³-hybridized carbons (Fsp3) is 0.385. The molecule has 2 rings (SSSR count). The fourth-order valence-electron chi connectivity index (χ4n) is 2.07. The van der Waals surface area contributed by atoms with Gasteiger partial charge in [0.1, 0.15) is 11.7 Å². The highest BCUT2D eigenvalue weighted by molar-refractivity contribution is 6.03. The SMILES string of the molecule is Cc1cccnc1C(=O)N(C)C1CCC(=O)NC1=O. The summed E-state index contributed by atoms with van der Waals surface area (Å²) in [5.41, 5.74) is 1.08. The first-order chi connectivity index (χ1) is 9.00. The maximum atomic E-state index is 12.3. The molecule has 0 bridgehead atoms. The Morgan fingerprint density at radius 3 is 2.84 bits per heavy atom. The van der Waals surface area contributed by atoms with Crippen molar-refractivity contribution in [3.63, 3.8) is 0 Å². The van der Waals surface area contributed by atoms with Crippen molar-refractivity contribution >= 4 is 17.7 Å². The van der Waals surface area contributed by atoms with E-state index in [0.29, 0.717) is 12.1 Å². The number of nitrogens with zero attached hydrogens (tertiary/aromatic N) is 2. The van der Waals surface area contributed by atoms with Gasteiger partial charge in [0.2, 0.25) is 11.8 Å². The molecule has 1 aromatic rings. The van der Waals surface area contributed by atoms with E-state index < -0.39 is 11.9 Å². The van der Waals surface area contributed by atoms with Crippen LogP contribution in [-0.2, 0) is 9.59 Å². The highest BCUT2D eigenvalue weighted by Gasteiger charge is 2.33. The topological polar surface area (TPSA) is 79.4 Å². The second-order valence-corrected chi connectivity index (χ2v) is 4.55. The van der Waals surface area contributed by atoms with Crippen LogP contribution in [-0.4, -0.2) is 40.7 Å². The van der Waals surface area contributed by atoms with E-state index in [2.05, 4.69) is 10.3 Å². The van der Waals surface area contributed by atoms with Crippen molar-refractivity contribution in [3.8, 4) is 0 Å². The van der Waals surface area contributed by atoms with E-state index in [1.165, 1.54) is 4.90 Å². The zero-order chi connectivity index (χ0) is 14.0. The quantitative estimate of drug-likeness (QED) is 0.775. The first-order valence-electron chi connectivity index (χ1n) is 6.03. The van der Waals surface area contributed by atoms with Gasteiger partial charge < -0.3 is 4.90 Å². The lowest BCUT2D eigenvalue weighted by atomic mass is 10.0. The second-order valence-electron chi connectivity index (χ2n) is 4.55. The third kappa shape index (κ3) is 2.62. The van der Waals surface area contributed by atoms with Gasteiger partial charge in [0.15, 0.2) is 0 Å². The largest absolute Gasteiger partial charge is 0.328 e. The average Bonchev–Trinajstić information content (AvgIpc) is 2.38. The molecule has 2 heterocycles. The zero-order valence-corrected chi connectivity index (χ0v) is 10.8. The number of amides is 3. The van der Waals surface area contributed by atoms with Gasteiger partial charge in [-0.3, -0.25) is 24.7 Å². The van der Waals surface area contributed by atoms with Gasteiger partial charge in [0, 0.05) is 19.7 Å². The third-order valence-electron chi connectivity index (χ3n) is 3.21. The minimum atomic E-state index is -0.619. The number of carbonyl (C=O) groups is 3. The highest BCUT2D eigenvalue weighted by atomic mass is 16.2. The molecule has 3 amide bonds. The Morgan fingerprint density at radius 2 is 2.21 bits per heavy atom. The van der Waals surface area contributed by atoms with E-state index in [1.807, 2.05) is 0 Å². The number of piperidine rings is 1. The van der Waals surface area contributed by atoms with Crippen LogP contribution in [0.5, 0.6) is 0 Å². The molecule has 0 aromatic carbocycles. The summed E-state index contributed by atoms with van der Waals surface area (Å²) in [6.07, 6.45) is 2.13. The predicted octanol–water partition coefficient (Wildman–Crippen LogP) is 0.267. The summed E-state index contributed by atoms with van der Waals surface area (Å²) in [5.74, 6) is -1.04. The first-order valence-corrected chi connectivity index (χ1v) is 6.03. The lowest BCUT2D eigenvalue weighted by Crippen LogP contribution is -2.53. The zero-order valence-electron chi connectivity index (χ0n) is 10.8. The Labute approximate surface area is 110 Å². The third-order valence-corrected chi connectivity index (χ3v) is 3.21. The van der Waals surface area contributed by atoms with Gasteiger partial charge in [0.25, 0.3) is 5.91 Å². The summed E-state index contributed by atoms with van der Waals surface area (Å²) in [6.45, 7) is 1.79. The second kappa shape index (κ2) is 5.17. The summed E-state index contributed by atoms with van der Waals surface area (Å²) in [6, 6.07) is 2.92. The summed E-state index contributed by atoms with van der Waals surface area (Å²) in [5, 5.41) is 2.24. The van der Waals surface area contributed by atoms with Gasteiger partial charge in [0.05, 0.1) is 0 Å². The van der Waals surface area contributed by atoms with Gasteiger partial charge >= 0.3 is 0 Å². The Bertz CT molecular complexity index is 542. The van der Waals surface area contributed by atoms with Gasteiger partial charge in [-0.15, -0.1) is 0 Å². The van der Waals surface area contributed by atoms with E-state index >= 15 is 0 Å². The van der Waals surface area contributed by atoms with Crippen LogP contribution in [0.15, 0.2) is 18.3 Å². The molecule has 1 fully saturated rings. The van der Waals surface area contributed by atoms with Crippen molar-refractivity contribution in [2.75, 3.05) is 7.05 Å². The van der Waals surface area contributed by atoms with Gasteiger partial charge in [-0.25, -0.2) is 0 Å². The van der Waals surface area contributed by atoms with Crippen molar-refractivity contribution in [1.29, 1.82) is 0 Å². The van der Waals surface area contributed by atoms with E-state index in [1.54, 1.807) is 32.3 Å². The Kier molecular flexibility index (Phi) is 3.59. The molecule has 0 aliphatic carbocycles. The van der Waals surface area contributed by atoms with E-state index in [4.69, 9.17) is 0 Å². The molecule has 6 heteroatoms. The summed E-state index contributed by atoms with van der Waals surface area (Å²) in [4.78, 5) is 40.5. The molecule has 0 saturated carbocycles. The molecule has 100 valence electrons. The van der Waals surface area contributed by atoms with Crippen LogP contribution >= 0.6 is 0 Å². The molecule has 1 unspecified atom stereocenters. The molecule has 0 spiro atoms. The van der Waals surface area contributed by atoms with E-state index in [-0.39, 0.29) is 18.2 Å². The van der Waals surface area contributed by atoms with Gasteiger partial charge in [-0.1, -0.05) is 6.07 Å². The van der Waals surface area contributed by atoms with Crippen molar-refractivity contribution in [2.24, 2.45) is 0 Å². The predicted molar refractivity (Wildman–Crippen MR) is 67.2 cm³/mol. The van der Waals surface area contributed by atoms with Crippen molar-refractivity contribution < 1.29 is 14.4 Å². The molecule has 19 heavy (non-hydrogen) atoms. The molecule has 1 saturated heterocycles. The Hall–Kier alpha value is -2.24. The molecule has 6 nitrogen and oxygen atoms in total. The molecular weight excluding hydrogens is 246 g/mol. The van der Waals surface area contributed by atoms with E-state index in [0.717, 1.165) is 5.56 Å². The van der Waals surface area contributed by atoms with Crippen LogP contribution < -0.4 is 5.32 Å². The highest BCUT2D eigenvalue weighted by Crippen LogP contribution is 2.14. The van der Waals surface area contributed by atoms with Crippen LogP contribution in [0.1, 0.15) is 28.9 Å². The lowest BCUT2D eigenvalue weighted by molar-refractivity contribution is -0.136. The molecule has 1 aliphatic heterocycles. The van der Waals surface area contributed by atoms with Crippen LogP contribution in [0.4, 0.5) is 0 Å². The van der Waals surface area contributed by atoms with Crippen LogP contribution in [0.2, 0.25) is 0 Å². The minimum absolute atomic E-state index is 0.245. The monoisotopic (exact) mass is 261 g/mol. The Balaban J connectivity index is 2.18. The summed E-state index contributed by atoms with van der Waals surface area (Å²) in [7, 11) is 1.55. The van der Waals surface area contributed by atoms with Crippen LogP contribution in [0.3, 0.4) is 0 Å². The number of hydrogen-bond donors (Lipinski definition) is 1. The standard InChI is InChI=1S/C13H15N3O3/c1-8-4-3-7-14-11(8)13(19)16(2)9-5-6-10(17)15-12(9)18/h3-4,7,9H,5-6H2,1-2H3,(H,15,17,18). The van der Waals surface area contributed by atoms with Gasteiger partial charge in [-0.2, -0.15) is 0 Å². The van der Waals surface area contributed by atoms with Crippen molar-refractivity contribution in [3.05, 3.63) is 29.6 Å². The fourth-order valence-corrected chi connectivity index (χ4v) is 2.07. The number of likely N-dealkylation sites (N-methyl/N-ethyl adjacent to an activating group) is 1.